The van der Waals surface area contributed by atoms with Gasteiger partial charge in [0.2, 0.25) is 0 Å². The van der Waals surface area contributed by atoms with Crippen molar-refractivity contribution in [2.45, 2.75) is 51.5 Å². The minimum atomic E-state index is -0.595. The first-order chi connectivity index (χ1) is 12.0. The van der Waals surface area contributed by atoms with Gasteiger partial charge in [-0.1, -0.05) is 19.8 Å². The number of amides is 1. The fraction of sp³-hybridized carbons (Fsp3) is 0.526. The van der Waals surface area contributed by atoms with Gasteiger partial charge in [-0.3, -0.25) is 14.4 Å². The maximum Gasteiger partial charge on any atom is 0.306 e. The number of ketones is 1. The zero-order valence-electron chi connectivity index (χ0n) is 14.4. The van der Waals surface area contributed by atoms with Crippen molar-refractivity contribution in [2.24, 2.45) is 5.92 Å². The van der Waals surface area contributed by atoms with E-state index in [4.69, 9.17) is 4.74 Å². The number of hydrogen-bond acceptors (Lipinski definition) is 4. The van der Waals surface area contributed by atoms with Crippen LogP contribution in [0.15, 0.2) is 24.3 Å². The summed E-state index contributed by atoms with van der Waals surface area (Å²) in [5, 5.41) is 2.90. The van der Waals surface area contributed by atoms with Gasteiger partial charge in [0, 0.05) is 18.0 Å². The predicted molar refractivity (Wildman–Crippen MR) is 90.5 cm³/mol. The van der Waals surface area contributed by atoms with Crippen LogP contribution in [-0.2, 0) is 14.3 Å². The number of esters is 1. The van der Waals surface area contributed by atoms with Crippen LogP contribution >= 0.6 is 0 Å². The molecule has 1 aromatic rings. The highest BCUT2D eigenvalue weighted by atomic mass is 19.1. The van der Waals surface area contributed by atoms with Gasteiger partial charge < -0.3 is 10.1 Å². The quantitative estimate of drug-likeness (QED) is 0.607. The summed E-state index contributed by atoms with van der Waals surface area (Å²) in [6, 6.07) is 5.29. The van der Waals surface area contributed by atoms with Gasteiger partial charge in [0.1, 0.15) is 5.82 Å². The van der Waals surface area contributed by atoms with Crippen molar-refractivity contribution < 1.29 is 23.5 Å². The summed E-state index contributed by atoms with van der Waals surface area (Å²) in [6.07, 6.45) is 4.18. The highest BCUT2D eigenvalue weighted by Crippen LogP contribution is 2.23. The van der Waals surface area contributed by atoms with E-state index in [-0.39, 0.29) is 37.2 Å². The third-order valence-electron chi connectivity index (χ3n) is 4.54. The van der Waals surface area contributed by atoms with E-state index in [0.717, 1.165) is 19.3 Å². The summed E-state index contributed by atoms with van der Waals surface area (Å²) < 4.78 is 17.7. The van der Waals surface area contributed by atoms with E-state index in [2.05, 4.69) is 12.2 Å². The monoisotopic (exact) mass is 349 g/mol. The first-order valence-corrected chi connectivity index (χ1v) is 8.69. The van der Waals surface area contributed by atoms with Gasteiger partial charge in [-0.05, 0) is 43.0 Å². The normalized spacial score (nSPS) is 19.9. The molecule has 1 N–H and O–H groups in total. The highest BCUT2D eigenvalue weighted by molar-refractivity contribution is 5.97. The number of carbonyl (C=O) groups is 3. The second-order valence-corrected chi connectivity index (χ2v) is 6.53. The van der Waals surface area contributed by atoms with E-state index >= 15 is 0 Å². The molecule has 0 aromatic heterocycles. The molecule has 25 heavy (non-hydrogen) atoms. The largest absolute Gasteiger partial charge is 0.456 e. The van der Waals surface area contributed by atoms with Gasteiger partial charge >= 0.3 is 5.97 Å². The second-order valence-electron chi connectivity index (χ2n) is 6.53. The van der Waals surface area contributed by atoms with Crippen molar-refractivity contribution in [2.75, 3.05) is 6.61 Å². The van der Waals surface area contributed by atoms with E-state index in [1.807, 2.05) is 0 Å². The van der Waals surface area contributed by atoms with Crippen molar-refractivity contribution in [1.82, 2.24) is 5.32 Å². The van der Waals surface area contributed by atoms with Crippen molar-refractivity contribution in [3.05, 3.63) is 35.6 Å². The summed E-state index contributed by atoms with van der Waals surface area (Å²) in [4.78, 5) is 35.4. The van der Waals surface area contributed by atoms with Crippen LogP contribution in [-0.4, -0.2) is 30.3 Å². The molecule has 1 amide bonds. The summed E-state index contributed by atoms with van der Waals surface area (Å²) in [5.74, 6) is -1.16. The van der Waals surface area contributed by atoms with Crippen LogP contribution in [0.25, 0.3) is 0 Å². The van der Waals surface area contributed by atoms with E-state index in [1.54, 1.807) is 0 Å². The highest BCUT2D eigenvalue weighted by Gasteiger charge is 2.23. The molecule has 0 spiro atoms. The Kier molecular flexibility index (Phi) is 7.10. The number of Topliss-reactive ketones (excluding diaryl/α,β-unsaturated/α-hetero) is 1. The van der Waals surface area contributed by atoms with Crippen LogP contribution in [0, 0.1) is 11.7 Å². The zero-order chi connectivity index (χ0) is 18.2. The van der Waals surface area contributed by atoms with E-state index in [1.165, 1.54) is 30.7 Å². The Hall–Kier alpha value is -2.24. The first kappa shape index (κ1) is 19.1. The lowest BCUT2D eigenvalue weighted by atomic mass is 9.86. The standard InChI is InChI=1S/C19H24FNO4/c1-13-4-2-3-5-16(13)21-18(23)12-25-19(24)11-10-17(22)14-6-8-15(20)9-7-14/h6-9,13,16H,2-5,10-12H2,1H3,(H,21,23). The van der Waals surface area contributed by atoms with Gasteiger partial charge in [0.15, 0.2) is 12.4 Å². The summed E-state index contributed by atoms with van der Waals surface area (Å²) in [6.45, 7) is 1.78. The molecule has 0 saturated heterocycles. The molecular weight excluding hydrogens is 325 g/mol. The van der Waals surface area contributed by atoms with Crippen molar-refractivity contribution in [1.29, 1.82) is 0 Å². The van der Waals surface area contributed by atoms with Crippen LogP contribution < -0.4 is 5.32 Å². The number of nitrogens with one attached hydrogen (secondary N) is 1. The Labute approximate surface area is 146 Å². The fourth-order valence-corrected chi connectivity index (χ4v) is 2.99. The molecule has 0 aliphatic heterocycles. The maximum absolute atomic E-state index is 12.8. The van der Waals surface area contributed by atoms with Crippen molar-refractivity contribution in [3.63, 3.8) is 0 Å². The fourth-order valence-electron chi connectivity index (χ4n) is 2.99. The molecular formula is C19H24FNO4. The molecule has 2 atom stereocenters. The summed E-state index contributed by atoms with van der Waals surface area (Å²) in [5.41, 5.74) is 0.346. The third kappa shape index (κ3) is 6.29. The lowest BCUT2D eigenvalue weighted by molar-refractivity contribution is -0.148. The van der Waals surface area contributed by atoms with Gasteiger partial charge in [-0.2, -0.15) is 0 Å². The molecule has 1 aliphatic rings. The Balaban J connectivity index is 1.67. The average Bonchev–Trinajstić information content (AvgIpc) is 2.60. The summed E-state index contributed by atoms with van der Waals surface area (Å²) in [7, 11) is 0. The number of rotatable bonds is 7. The van der Waals surface area contributed by atoms with Crippen molar-refractivity contribution in [3.8, 4) is 0 Å². The predicted octanol–water partition coefficient (Wildman–Crippen LogP) is 3.03. The Morgan fingerprint density at radius 2 is 1.80 bits per heavy atom. The minimum absolute atomic E-state index is 0.0360. The number of carbonyl (C=O) groups excluding carboxylic acids is 3. The Bertz CT molecular complexity index is 614. The van der Waals surface area contributed by atoms with Crippen LogP contribution in [0.4, 0.5) is 4.39 Å². The number of halogens is 1. The molecule has 2 unspecified atom stereocenters. The van der Waals surface area contributed by atoms with Crippen LogP contribution in [0.3, 0.4) is 0 Å². The van der Waals surface area contributed by atoms with Crippen molar-refractivity contribution >= 4 is 17.7 Å². The Morgan fingerprint density at radius 3 is 2.48 bits per heavy atom. The first-order valence-electron chi connectivity index (χ1n) is 8.69. The zero-order valence-corrected chi connectivity index (χ0v) is 14.4. The van der Waals surface area contributed by atoms with Gasteiger partial charge in [-0.15, -0.1) is 0 Å². The van der Waals surface area contributed by atoms with E-state index in [9.17, 15) is 18.8 Å². The average molecular weight is 349 g/mol. The molecule has 6 heteroatoms. The van der Waals surface area contributed by atoms with Crippen LogP contribution in [0.2, 0.25) is 0 Å². The molecule has 0 bridgehead atoms. The lowest BCUT2D eigenvalue weighted by Crippen LogP contribution is -2.42. The smallest absolute Gasteiger partial charge is 0.306 e. The van der Waals surface area contributed by atoms with Crippen LogP contribution in [0.1, 0.15) is 55.8 Å². The molecule has 1 aromatic carbocycles. The number of benzene rings is 1. The third-order valence-corrected chi connectivity index (χ3v) is 4.54. The van der Waals surface area contributed by atoms with E-state index in [0.29, 0.717) is 11.5 Å². The topological polar surface area (TPSA) is 72.5 Å². The van der Waals surface area contributed by atoms with Gasteiger partial charge in [0.05, 0.1) is 6.42 Å². The number of hydrogen-bond donors (Lipinski definition) is 1. The lowest BCUT2D eigenvalue weighted by Gasteiger charge is -2.29. The molecule has 2 rings (SSSR count). The molecule has 1 aliphatic carbocycles. The molecule has 1 fully saturated rings. The van der Waals surface area contributed by atoms with E-state index < -0.39 is 11.8 Å². The molecule has 1 saturated carbocycles. The molecule has 0 heterocycles. The Morgan fingerprint density at radius 1 is 1.12 bits per heavy atom. The SMILES string of the molecule is CC1CCCCC1NC(=O)COC(=O)CCC(=O)c1ccc(F)cc1. The maximum atomic E-state index is 12.8. The number of ether oxygens (including phenoxy) is 1. The van der Waals surface area contributed by atoms with Crippen LogP contribution in [0.5, 0.6) is 0 Å². The molecule has 5 nitrogen and oxygen atoms in total. The second kappa shape index (κ2) is 9.30. The molecule has 0 radical (unpaired) electrons. The molecule has 136 valence electrons. The summed E-state index contributed by atoms with van der Waals surface area (Å²) >= 11 is 0. The van der Waals surface area contributed by atoms with Gasteiger partial charge in [0.25, 0.3) is 5.91 Å². The minimum Gasteiger partial charge on any atom is -0.456 e. The van der Waals surface area contributed by atoms with Gasteiger partial charge in [-0.25, -0.2) is 4.39 Å².